The summed E-state index contributed by atoms with van der Waals surface area (Å²) in [7, 11) is 0. The van der Waals surface area contributed by atoms with Crippen molar-refractivity contribution in [3.05, 3.63) is 22.6 Å². The first-order valence-corrected chi connectivity index (χ1v) is 5.37. The molecule has 0 N–H and O–H groups in total. The third kappa shape index (κ3) is 1.91. The minimum Gasteiger partial charge on any atom is -0.446 e. The Morgan fingerprint density at radius 2 is 2.36 bits per heavy atom. The Balaban J connectivity index is 2.09. The SMILES string of the molecule is CC1CC(C(=O)c2ccc(Br)o2)CO1. The van der Waals surface area contributed by atoms with Crippen molar-refractivity contribution in [2.45, 2.75) is 19.4 Å². The van der Waals surface area contributed by atoms with E-state index in [9.17, 15) is 4.79 Å². The number of hydrogen-bond acceptors (Lipinski definition) is 3. The van der Waals surface area contributed by atoms with Crippen LogP contribution in [0, 0.1) is 5.92 Å². The minimum atomic E-state index is -0.0388. The van der Waals surface area contributed by atoms with Crippen LogP contribution >= 0.6 is 15.9 Å². The molecular weight excluding hydrogens is 248 g/mol. The summed E-state index contributed by atoms with van der Waals surface area (Å²) in [6.45, 7) is 2.49. The first-order valence-electron chi connectivity index (χ1n) is 4.58. The fourth-order valence-electron chi connectivity index (χ4n) is 1.65. The van der Waals surface area contributed by atoms with E-state index in [0.29, 0.717) is 17.0 Å². The van der Waals surface area contributed by atoms with Crippen molar-refractivity contribution < 1.29 is 13.9 Å². The summed E-state index contributed by atoms with van der Waals surface area (Å²) in [6, 6.07) is 3.42. The number of Topliss-reactive ketones (excluding diaryl/α,β-unsaturated/α-hetero) is 1. The second-order valence-corrected chi connectivity index (χ2v) is 4.33. The molecule has 1 saturated heterocycles. The van der Waals surface area contributed by atoms with Crippen LogP contribution in [-0.2, 0) is 4.74 Å². The second-order valence-electron chi connectivity index (χ2n) is 3.54. The van der Waals surface area contributed by atoms with Gasteiger partial charge in [-0.1, -0.05) is 0 Å². The molecule has 2 atom stereocenters. The van der Waals surface area contributed by atoms with Gasteiger partial charge in [-0.25, -0.2) is 0 Å². The van der Waals surface area contributed by atoms with Gasteiger partial charge in [0.1, 0.15) is 0 Å². The van der Waals surface area contributed by atoms with Gasteiger partial charge in [0, 0.05) is 0 Å². The van der Waals surface area contributed by atoms with Crippen LogP contribution in [0.4, 0.5) is 0 Å². The molecule has 1 fully saturated rings. The van der Waals surface area contributed by atoms with E-state index < -0.39 is 0 Å². The van der Waals surface area contributed by atoms with Crippen LogP contribution in [0.5, 0.6) is 0 Å². The molecule has 0 amide bonds. The standard InChI is InChI=1S/C10H11BrO3/c1-6-4-7(5-13-6)10(12)8-2-3-9(11)14-8/h2-3,6-7H,4-5H2,1H3. The van der Waals surface area contributed by atoms with E-state index in [2.05, 4.69) is 15.9 Å². The molecule has 0 aromatic carbocycles. The van der Waals surface area contributed by atoms with Crippen LogP contribution < -0.4 is 0 Å². The average molecular weight is 259 g/mol. The molecule has 14 heavy (non-hydrogen) atoms. The van der Waals surface area contributed by atoms with E-state index in [1.807, 2.05) is 6.92 Å². The highest BCUT2D eigenvalue weighted by Crippen LogP contribution is 2.25. The van der Waals surface area contributed by atoms with E-state index >= 15 is 0 Å². The fourth-order valence-corrected chi connectivity index (χ4v) is 1.95. The molecule has 1 aromatic heterocycles. The number of carbonyl (C=O) groups is 1. The van der Waals surface area contributed by atoms with E-state index in [1.54, 1.807) is 12.1 Å². The molecule has 2 heterocycles. The number of hydrogen-bond donors (Lipinski definition) is 0. The largest absolute Gasteiger partial charge is 0.446 e. The lowest BCUT2D eigenvalue weighted by molar-refractivity contribution is 0.0850. The molecule has 2 rings (SSSR count). The monoisotopic (exact) mass is 258 g/mol. The van der Waals surface area contributed by atoms with E-state index in [0.717, 1.165) is 6.42 Å². The Kier molecular flexibility index (Phi) is 2.74. The van der Waals surface area contributed by atoms with Crippen LogP contribution in [0.25, 0.3) is 0 Å². The Labute approximate surface area is 90.6 Å². The topological polar surface area (TPSA) is 39.4 Å². The van der Waals surface area contributed by atoms with Crippen molar-refractivity contribution in [3.63, 3.8) is 0 Å². The van der Waals surface area contributed by atoms with Crippen molar-refractivity contribution in [3.8, 4) is 0 Å². The quantitative estimate of drug-likeness (QED) is 0.766. The molecule has 2 unspecified atom stereocenters. The molecule has 76 valence electrons. The van der Waals surface area contributed by atoms with Crippen molar-refractivity contribution in [2.75, 3.05) is 6.61 Å². The van der Waals surface area contributed by atoms with Crippen molar-refractivity contribution >= 4 is 21.7 Å². The maximum Gasteiger partial charge on any atom is 0.203 e. The molecule has 0 bridgehead atoms. The van der Waals surface area contributed by atoms with Gasteiger partial charge in [0.25, 0.3) is 0 Å². The summed E-state index contributed by atoms with van der Waals surface area (Å²) in [5, 5.41) is 0. The molecule has 1 aromatic rings. The van der Waals surface area contributed by atoms with Crippen LogP contribution in [-0.4, -0.2) is 18.5 Å². The molecule has 1 aliphatic heterocycles. The molecule has 0 aliphatic carbocycles. The van der Waals surface area contributed by atoms with Crippen molar-refractivity contribution in [2.24, 2.45) is 5.92 Å². The Hall–Kier alpha value is -0.610. The summed E-state index contributed by atoms with van der Waals surface area (Å²) in [6.07, 6.45) is 0.972. The first kappa shape index (κ1) is 9.93. The predicted molar refractivity (Wildman–Crippen MR) is 54.3 cm³/mol. The Bertz CT molecular complexity index is 345. The summed E-state index contributed by atoms with van der Waals surface area (Å²) >= 11 is 3.17. The summed E-state index contributed by atoms with van der Waals surface area (Å²) < 4.78 is 11.1. The van der Waals surface area contributed by atoms with Crippen LogP contribution in [0.15, 0.2) is 21.2 Å². The third-order valence-electron chi connectivity index (χ3n) is 2.39. The van der Waals surface area contributed by atoms with Gasteiger partial charge in [-0.15, -0.1) is 0 Å². The molecule has 0 saturated carbocycles. The lowest BCUT2D eigenvalue weighted by Crippen LogP contribution is -2.13. The maximum absolute atomic E-state index is 11.8. The van der Waals surface area contributed by atoms with Crippen molar-refractivity contribution in [1.82, 2.24) is 0 Å². The van der Waals surface area contributed by atoms with E-state index in [1.165, 1.54) is 0 Å². The zero-order valence-corrected chi connectivity index (χ0v) is 9.41. The highest BCUT2D eigenvalue weighted by Gasteiger charge is 2.30. The molecule has 0 radical (unpaired) electrons. The molecule has 1 aliphatic rings. The van der Waals surface area contributed by atoms with Crippen LogP contribution in [0.3, 0.4) is 0 Å². The van der Waals surface area contributed by atoms with Gasteiger partial charge >= 0.3 is 0 Å². The van der Waals surface area contributed by atoms with Crippen LogP contribution in [0.1, 0.15) is 23.9 Å². The number of furan rings is 1. The Morgan fingerprint density at radius 1 is 1.57 bits per heavy atom. The van der Waals surface area contributed by atoms with Gasteiger partial charge in [0.2, 0.25) is 5.78 Å². The predicted octanol–water partition coefficient (Wildman–Crippen LogP) is 2.65. The second kappa shape index (κ2) is 3.87. The number of halogens is 1. The minimum absolute atomic E-state index is 0.0388. The van der Waals surface area contributed by atoms with Gasteiger partial charge < -0.3 is 9.15 Å². The van der Waals surface area contributed by atoms with E-state index in [4.69, 9.17) is 9.15 Å². The fraction of sp³-hybridized carbons (Fsp3) is 0.500. The number of rotatable bonds is 2. The smallest absolute Gasteiger partial charge is 0.203 e. The van der Waals surface area contributed by atoms with Gasteiger partial charge in [-0.05, 0) is 41.4 Å². The van der Waals surface area contributed by atoms with Crippen molar-refractivity contribution in [1.29, 1.82) is 0 Å². The highest BCUT2D eigenvalue weighted by molar-refractivity contribution is 9.10. The Morgan fingerprint density at radius 3 is 2.86 bits per heavy atom. The normalized spacial score (nSPS) is 26.7. The highest BCUT2D eigenvalue weighted by atomic mass is 79.9. The number of carbonyl (C=O) groups excluding carboxylic acids is 1. The molecule has 4 heteroatoms. The summed E-state index contributed by atoms with van der Waals surface area (Å²) in [4.78, 5) is 11.8. The first-order chi connectivity index (χ1) is 6.66. The number of ketones is 1. The lowest BCUT2D eigenvalue weighted by atomic mass is 9.99. The molecule has 0 spiro atoms. The van der Waals surface area contributed by atoms with Crippen LogP contribution in [0.2, 0.25) is 0 Å². The zero-order chi connectivity index (χ0) is 10.1. The van der Waals surface area contributed by atoms with Gasteiger partial charge in [0.05, 0.1) is 18.6 Å². The lowest BCUT2D eigenvalue weighted by Gasteiger charge is -2.02. The van der Waals surface area contributed by atoms with E-state index in [-0.39, 0.29) is 17.8 Å². The molecule has 3 nitrogen and oxygen atoms in total. The average Bonchev–Trinajstić information content (AvgIpc) is 2.73. The maximum atomic E-state index is 11.8. The zero-order valence-electron chi connectivity index (χ0n) is 7.83. The number of ether oxygens (including phenoxy) is 1. The summed E-state index contributed by atoms with van der Waals surface area (Å²) in [5.74, 6) is 0.419. The summed E-state index contributed by atoms with van der Waals surface area (Å²) in [5.41, 5.74) is 0. The van der Waals surface area contributed by atoms with Gasteiger partial charge in [-0.3, -0.25) is 4.79 Å². The molecular formula is C10H11BrO3. The third-order valence-corrected chi connectivity index (χ3v) is 2.81. The van der Waals surface area contributed by atoms with Gasteiger partial charge in [-0.2, -0.15) is 0 Å². The van der Waals surface area contributed by atoms with Gasteiger partial charge in [0.15, 0.2) is 10.4 Å².